The molecule has 0 spiro atoms. The van der Waals surface area contributed by atoms with Crippen LogP contribution in [0.3, 0.4) is 0 Å². The summed E-state index contributed by atoms with van der Waals surface area (Å²) in [6, 6.07) is 1.61. The first-order chi connectivity index (χ1) is 4.22. The van der Waals surface area contributed by atoms with Crippen LogP contribution in [0.15, 0.2) is 11.4 Å². The van der Waals surface area contributed by atoms with Crippen molar-refractivity contribution in [2.75, 3.05) is 0 Å². The second-order valence-corrected chi connectivity index (χ2v) is 2.45. The van der Waals surface area contributed by atoms with E-state index in [4.69, 9.17) is 16.2 Å². The summed E-state index contributed by atoms with van der Waals surface area (Å²) in [7, 11) is 0. The van der Waals surface area contributed by atoms with Crippen molar-refractivity contribution in [1.29, 1.82) is 5.41 Å². The van der Waals surface area contributed by atoms with Gasteiger partial charge in [-0.1, -0.05) is 0 Å². The van der Waals surface area contributed by atoms with E-state index in [0.717, 1.165) is 0 Å². The highest BCUT2D eigenvalue weighted by Gasteiger charge is 2.02. The van der Waals surface area contributed by atoms with Gasteiger partial charge in [-0.25, -0.2) is 0 Å². The maximum absolute atomic E-state index is 8.92. The van der Waals surface area contributed by atoms with Gasteiger partial charge >= 0.3 is 0 Å². The average molecular weight is 142 g/mol. The van der Waals surface area contributed by atoms with Crippen molar-refractivity contribution in [1.82, 2.24) is 0 Å². The van der Waals surface area contributed by atoms with Crippen molar-refractivity contribution in [3.05, 3.63) is 17.0 Å². The first-order valence-corrected chi connectivity index (χ1v) is 3.20. The summed E-state index contributed by atoms with van der Waals surface area (Å²) >= 11 is 1.17. The number of nitrogens with one attached hydrogen (secondary N) is 1. The van der Waals surface area contributed by atoms with E-state index in [2.05, 4.69) is 0 Å². The number of hydrogen-bond acceptors (Lipinski definition) is 3. The van der Waals surface area contributed by atoms with Gasteiger partial charge in [0.05, 0.1) is 5.56 Å². The van der Waals surface area contributed by atoms with Crippen molar-refractivity contribution in [2.24, 2.45) is 5.73 Å². The molecule has 0 aliphatic carbocycles. The smallest absolute Gasteiger partial charge is 0.182 e. The maximum Gasteiger partial charge on any atom is 0.182 e. The molecule has 48 valence electrons. The molecule has 9 heavy (non-hydrogen) atoms. The lowest BCUT2D eigenvalue weighted by molar-refractivity contribution is 0.490. The second kappa shape index (κ2) is 2.06. The zero-order valence-corrected chi connectivity index (χ0v) is 5.40. The Morgan fingerprint density at radius 2 is 2.44 bits per heavy atom. The Morgan fingerprint density at radius 1 is 1.78 bits per heavy atom. The number of hydrogen-bond donors (Lipinski definition) is 3. The normalized spacial score (nSPS) is 9.33. The molecule has 4 heteroatoms. The quantitative estimate of drug-likeness (QED) is 0.399. The van der Waals surface area contributed by atoms with E-state index in [-0.39, 0.29) is 10.9 Å². The fourth-order valence-electron chi connectivity index (χ4n) is 0.506. The Kier molecular flexibility index (Phi) is 1.40. The second-order valence-electron chi connectivity index (χ2n) is 1.55. The van der Waals surface area contributed by atoms with E-state index < -0.39 is 0 Å². The first kappa shape index (κ1) is 6.10. The molecule has 0 aliphatic rings. The number of nitrogen functional groups attached to an aromatic ring is 1. The lowest BCUT2D eigenvalue weighted by Crippen LogP contribution is -2.09. The number of nitrogens with two attached hydrogens (primary N) is 1. The van der Waals surface area contributed by atoms with Crippen LogP contribution >= 0.6 is 11.3 Å². The Morgan fingerprint density at radius 3 is 2.67 bits per heavy atom. The number of amidine groups is 1. The summed E-state index contributed by atoms with van der Waals surface area (Å²) in [5, 5.41) is 17.6. The molecule has 0 radical (unpaired) electrons. The van der Waals surface area contributed by atoms with E-state index in [1.807, 2.05) is 0 Å². The van der Waals surface area contributed by atoms with Crippen LogP contribution in [-0.2, 0) is 0 Å². The Hall–Kier alpha value is -1.03. The van der Waals surface area contributed by atoms with Crippen LogP contribution in [0, 0.1) is 5.41 Å². The van der Waals surface area contributed by atoms with E-state index in [9.17, 15) is 0 Å². The highest BCUT2D eigenvalue weighted by Crippen LogP contribution is 2.22. The predicted octanol–water partition coefficient (Wildman–Crippen LogP) is 0.738. The number of aromatic hydroxyl groups is 1. The van der Waals surface area contributed by atoms with Crippen LogP contribution in [0.5, 0.6) is 5.06 Å². The molecule has 3 nitrogen and oxygen atoms in total. The Balaban J connectivity index is 3.08. The molecule has 1 heterocycles. The molecule has 1 rings (SSSR count). The van der Waals surface area contributed by atoms with Gasteiger partial charge in [-0.05, 0) is 11.4 Å². The lowest BCUT2D eigenvalue weighted by Gasteiger charge is -1.90. The number of thiophene rings is 1. The van der Waals surface area contributed by atoms with Crippen molar-refractivity contribution < 1.29 is 5.11 Å². The van der Waals surface area contributed by atoms with Gasteiger partial charge < -0.3 is 10.8 Å². The lowest BCUT2D eigenvalue weighted by atomic mass is 10.3. The van der Waals surface area contributed by atoms with Crippen LogP contribution < -0.4 is 5.73 Å². The van der Waals surface area contributed by atoms with Crippen molar-refractivity contribution in [3.63, 3.8) is 0 Å². The molecule has 0 saturated carbocycles. The summed E-state index contributed by atoms with van der Waals surface area (Å²) in [6.45, 7) is 0. The van der Waals surface area contributed by atoms with E-state index in [1.165, 1.54) is 11.3 Å². The molecule has 0 aliphatic heterocycles. The molecule has 0 unspecified atom stereocenters. The molecule has 0 aromatic carbocycles. The van der Waals surface area contributed by atoms with E-state index in [0.29, 0.717) is 5.56 Å². The van der Waals surface area contributed by atoms with Gasteiger partial charge in [0.2, 0.25) is 0 Å². The summed E-state index contributed by atoms with van der Waals surface area (Å²) < 4.78 is 0. The highest BCUT2D eigenvalue weighted by atomic mass is 32.1. The average Bonchev–Trinajstić information content (AvgIpc) is 2.13. The molecule has 1 aromatic heterocycles. The molecule has 1 aromatic rings. The van der Waals surface area contributed by atoms with Gasteiger partial charge in [-0.3, -0.25) is 5.41 Å². The number of rotatable bonds is 1. The topological polar surface area (TPSA) is 70.1 Å². The summed E-state index contributed by atoms with van der Waals surface area (Å²) in [5.74, 6) is -0.0891. The standard InChI is InChI=1S/C5H6N2OS/c6-4(7)3-1-2-9-5(3)8/h1-2,8H,(H3,6,7). The minimum Gasteiger partial charge on any atom is -0.499 e. The summed E-state index contributed by atoms with van der Waals surface area (Å²) in [6.07, 6.45) is 0. The zero-order chi connectivity index (χ0) is 6.85. The van der Waals surface area contributed by atoms with Gasteiger partial charge in [-0.15, -0.1) is 11.3 Å². The van der Waals surface area contributed by atoms with E-state index in [1.54, 1.807) is 11.4 Å². The molecular weight excluding hydrogens is 136 g/mol. The van der Waals surface area contributed by atoms with E-state index >= 15 is 0 Å². The predicted molar refractivity (Wildman–Crippen MR) is 37.0 cm³/mol. The summed E-state index contributed by atoms with van der Waals surface area (Å²) in [5.41, 5.74) is 5.51. The van der Waals surface area contributed by atoms with Crippen LogP contribution in [0.25, 0.3) is 0 Å². The van der Waals surface area contributed by atoms with Crippen LogP contribution in [0.1, 0.15) is 5.56 Å². The molecular formula is C5H6N2OS. The summed E-state index contributed by atoms with van der Waals surface area (Å²) in [4.78, 5) is 0. The minimum atomic E-state index is -0.0891. The van der Waals surface area contributed by atoms with Crippen LogP contribution in [-0.4, -0.2) is 10.9 Å². The Labute approximate surface area is 56.3 Å². The van der Waals surface area contributed by atoms with Crippen molar-refractivity contribution in [3.8, 4) is 5.06 Å². The molecule has 0 fully saturated rings. The minimum absolute atomic E-state index is 0.0891. The van der Waals surface area contributed by atoms with Gasteiger partial charge in [0.1, 0.15) is 5.84 Å². The SMILES string of the molecule is N=C(N)c1ccsc1O. The first-order valence-electron chi connectivity index (χ1n) is 2.32. The Bertz CT molecular complexity index is 231. The molecule has 0 amide bonds. The maximum atomic E-state index is 8.92. The fraction of sp³-hybridized carbons (Fsp3) is 0. The van der Waals surface area contributed by atoms with Gasteiger partial charge in [-0.2, -0.15) is 0 Å². The van der Waals surface area contributed by atoms with Crippen LogP contribution in [0.4, 0.5) is 0 Å². The van der Waals surface area contributed by atoms with Crippen molar-refractivity contribution in [2.45, 2.75) is 0 Å². The monoisotopic (exact) mass is 142 g/mol. The molecule has 0 bridgehead atoms. The van der Waals surface area contributed by atoms with Gasteiger partial charge in [0, 0.05) is 0 Å². The largest absolute Gasteiger partial charge is 0.499 e. The zero-order valence-electron chi connectivity index (χ0n) is 4.59. The van der Waals surface area contributed by atoms with Crippen molar-refractivity contribution >= 4 is 17.2 Å². The van der Waals surface area contributed by atoms with Gasteiger partial charge in [0.25, 0.3) is 0 Å². The fourth-order valence-corrected chi connectivity index (χ4v) is 1.14. The highest BCUT2D eigenvalue weighted by molar-refractivity contribution is 7.12. The molecule has 0 saturated heterocycles. The molecule has 0 atom stereocenters. The third-order valence-electron chi connectivity index (χ3n) is 0.935. The van der Waals surface area contributed by atoms with Gasteiger partial charge in [0.15, 0.2) is 5.06 Å². The molecule has 4 N–H and O–H groups in total. The third kappa shape index (κ3) is 1.02. The van der Waals surface area contributed by atoms with Crippen LogP contribution in [0.2, 0.25) is 0 Å². The third-order valence-corrected chi connectivity index (χ3v) is 1.65.